The normalized spacial score (nSPS) is 9.79. The maximum atomic E-state index is 12.0. The molecule has 2 heterocycles. The second-order valence-corrected chi connectivity index (χ2v) is 3.89. The average molecular weight is 284 g/mol. The van der Waals surface area contributed by atoms with Crippen LogP contribution in [0.15, 0.2) is 16.7 Å². The van der Waals surface area contributed by atoms with Crippen molar-refractivity contribution in [3.8, 4) is 0 Å². The molecule has 102 valence electrons. The van der Waals surface area contributed by atoms with Gasteiger partial charge in [0.05, 0.1) is 5.69 Å². The summed E-state index contributed by atoms with van der Waals surface area (Å²) in [4.78, 5) is 14.8. The summed E-state index contributed by atoms with van der Waals surface area (Å²) in [5.41, 5.74) is 12.6. The van der Waals surface area contributed by atoms with E-state index in [2.05, 4.69) is 15.5 Å². The van der Waals surface area contributed by atoms with Crippen molar-refractivity contribution in [3.05, 3.63) is 29.2 Å². The fraction of sp³-hybridized carbons (Fsp3) is 0.182. The van der Waals surface area contributed by atoms with Crippen LogP contribution in [0.5, 0.6) is 0 Å². The number of anilines is 3. The fourth-order valence-electron chi connectivity index (χ4n) is 1.63. The predicted molar refractivity (Wildman–Crippen MR) is 65.8 cm³/mol. The van der Waals surface area contributed by atoms with E-state index in [-0.39, 0.29) is 24.1 Å². The molecule has 0 aliphatic heterocycles. The Hall–Kier alpha value is -2.28. The number of aromatic amines is 1. The van der Waals surface area contributed by atoms with Crippen molar-refractivity contribution in [2.24, 2.45) is 0 Å². The quantitative estimate of drug-likeness (QED) is 0.564. The van der Waals surface area contributed by atoms with Crippen molar-refractivity contribution < 1.29 is 26.7 Å². The zero-order valence-corrected chi connectivity index (χ0v) is 11.2. The number of halogens is 1. The number of hydrogen-bond acceptors (Lipinski definition) is 5. The molecule has 8 heteroatoms. The Morgan fingerprint density at radius 1 is 1.37 bits per heavy atom. The van der Waals surface area contributed by atoms with Gasteiger partial charge in [0.2, 0.25) is 11.6 Å². The largest absolute Gasteiger partial charge is 1.00 e. The van der Waals surface area contributed by atoms with Crippen LogP contribution in [-0.4, -0.2) is 11.1 Å². The van der Waals surface area contributed by atoms with Gasteiger partial charge in [-0.05, 0) is 19.9 Å². The molecule has 0 fully saturated rings. The van der Waals surface area contributed by atoms with E-state index in [1.807, 2.05) is 0 Å². The van der Waals surface area contributed by atoms with E-state index in [0.29, 0.717) is 28.5 Å². The van der Waals surface area contributed by atoms with E-state index >= 15 is 0 Å². The summed E-state index contributed by atoms with van der Waals surface area (Å²) in [6, 6.07) is 3.23. The Morgan fingerprint density at radius 3 is 2.58 bits per heavy atom. The number of aryl methyl sites for hydroxylation is 2. The highest BCUT2D eigenvalue weighted by Crippen LogP contribution is 2.18. The maximum Gasteiger partial charge on any atom is 0.261 e. The molecule has 0 aliphatic carbocycles. The summed E-state index contributed by atoms with van der Waals surface area (Å²) in [6.07, 6.45) is 0. The monoisotopic (exact) mass is 283 g/mol. The molecule has 0 radical (unpaired) electrons. The average Bonchev–Trinajstić information content (AvgIpc) is 2.62. The molecule has 0 atom stereocenters. The summed E-state index contributed by atoms with van der Waals surface area (Å²) in [7, 11) is 0. The molecule has 2 aromatic rings. The van der Waals surface area contributed by atoms with Crippen LogP contribution in [-0.2, 0) is 0 Å². The molecule has 6 N–H and O–H groups in total. The molecule has 2 aromatic heterocycles. The Labute approximate surface area is 115 Å². The molecular formula is C11H14ClN5O2. The Kier molecular flexibility index (Phi) is 4.34. The molecule has 0 spiro atoms. The number of pyridine rings is 1. The molecule has 7 nitrogen and oxygen atoms in total. The van der Waals surface area contributed by atoms with Gasteiger partial charge in [-0.2, -0.15) is 0 Å². The van der Waals surface area contributed by atoms with Gasteiger partial charge in [0.1, 0.15) is 17.0 Å². The van der Waals surface area contributed by atoms with Gasteiger partial charge in [-0.25, -0.2) is 4.98 Å². The first-order chi connectivity index (χ1) is 8.49. The number of carbonyl (C=O) groups is 1. The van der Waals surface area contributed by atoms with Crippen molar-refractivity contribution in [2.75, 3.05) is 16.8 Å². The topological polar surface area (TPSA) is 121 Å². The number of rotatable bonds is 2. The molecule has 0 aliphatic rings. The highest BCUT2D eigenvalue weighted by molar-refractivity contribution is 6.06. The highest BCUT2D eigenvalue weighted by atomic mass is 35.5. The smallest absolute Gasteiger partial charge is 0.261 e. The van der Waals surface area contributed by atoms with E-state index in [9.17, 15) is 4.79 Å². The molecule has 0 bridgehead atoms. The number of amides is 1. The summed E-state index contributed by atoms with van der Waals surface area (Å²) < 4.78 is 4.93. The molecule has 0 aromatic carbocycles. The first-order valence-corrected chi connectivity index (χ1v) is 5.30. The minimum absolute atomic E-state index is 0. The second kappa shape index (κ2) is 5.57. The van der Waals surface area contributed by atoms with Crippen molar-refractivity contribution in [3.63, 3.8) is 0 Å². The summed E-state index contributed by atoms with van der Waals surface area (Å²) in [5.74, 6) is 0.845. The van der Waals surface area contributed by atoms with Gasteiger partial charge in [0.25, 0.3) is 5.91 Å². The highest BCUT2D eigenvalue weighted by Gasteiger charge is 2.19. The van der Waals surface area contributed by atoms with Crippen LogP contribution < -0.4 is 34.2 Å². The van der Waals surface area contributed by atoms with Crippen molar-refractivity contribution in [1.82, 2.24) is 5.16 Å². The third kappa shape index (κ3) is 2.94. The predicted octanol–water partition coefficient (Wildman–Crippen LogP) is -2.47. The second-order valence-electron chi connectivity index (χ2n) is 3.89. The first kappa shape index (κ1) is 14.8. The van der Waals surface area contributed by atoms with E-state index in [1.54, 1.807) is 26.0 Å². The van der Waals surface area contributed by atoms with Gasteiger partial charge in [0.15, 0.2) is 0 Å². The van der Waals surface area contributed by atoms with Crippen LogP contribution in [0, 0.1) is 13.8 Å². The van der Waals surface area contributed by atoms with Crippen LogP contribution >= 0.6 is 0 Å². The van der Waals surface area contributed by atoms with Crippen LogP contribution in [0.25, 0.3) is 0 Å². The molecule has 0 unspecified atom stereocenters. The Balaban J connectivity index is 0.00000180. The number of nitrogen functional groups attached to an aromatic ring is 2. The van der Waals surface area contributed by atoms with E-state index in [0.717, 1.165) is 0 Å². The number of carbonyl (C=O) groups excluding carboxylic acids is 1. The third-order valence-corrected chi connectivity index (χ3v) is 2.51. The number of H-pyrrole nitrogens is 1. The number of aromatic nitrogens is 2. The SMILES string of the molecule is Cc1noc(C)c1C(=O)Nc1ccc(N)[nH+]c1N.[Cl-]. The van der Waals surface area contributed by atoms with Crippen LogP contribution in [0.3, 0.4) is 0 Å². The zero-order valence-electron chi connectivity index (χ0n) is 10.5. The van der Waals surface area contributed by atoms with Gasteiger partial charge in [-0.3, -0.25) is 4.79 Å². The zero-order chi connectivity index (χ0) is 13.3. The van der Waals surface area contributed by atoms with Gasteiger partial charge in [-0.15, -0.1) is 0 Å². The molecule has 0 saturated heterocycles. The summed E-state index contributed by atoms with van der Waals surface area (Å²) in [5, 5.41) is 6.39. The number of nitrogens with one attached hydrogen (secondary N) is 2. The van der Waals surface area contributed by atoms with Crippen LogP contribution in [0.2, 0.25) is 0 Å². The first-order valence-electron chi connectivity index (χ1n) is 5.30. The third-order valence-electron chi connectivity index (χ3n) is 2.51. The fourth-order valence-corrected chi connectivity index (χ4v) is 1.63. The van der Waals surface area contributed by atoms with E-state index in [1.165, 1.54) is 0 Å². The summed E-state index contributed by atoms with van der Waals surface area (Å²) in [6.45, 7) is 3.37. The van der Waals surface area contributed by atoms with Crippen LogP contribution in [0.4, 0.5) is 17.3 Å². The van der Waals surface area contributed by atoms with Gasteiger partial charge in [-0.1, -0.05) is 5.16 Å². The molecular weight excluding hydrogens is 270 g/mol. The van der Waals surface area contributed by atoms with Crippen LogP contribution in [0.1, 0.15) is 21.8 Å². The summed E-state index contributed by atoms with van der Waals surface area (Å²) >= 11 is 0. The van der Waals surface area contributed by atoms with Gasteiger partial charge in [0, 0.05) is 6.07 Å². The van der Waals surface area contributed by atoms with Crippen molar-refractivity contribution in [1.29, 1.82) is 0 Å². The minimum atomic E-state index is -0.323. The number of nitrogens with zero attached hydrogens (tertiary/aromatic N) is 1. The van der Waals surface area contributed by atoms with Gasteiger partial charge >= 0.3 is 0 Å². The minimum Gasteiger partial charge on any atom is -1.00 e. The lowest BCUT2D eigenvalue weighted by atomic mass is 10.2. The molecule has 2 rings (SSSR count). The molecule has 19 heavy (non-hydrogen) atoms. The van der Waals surface area contributed by atoms with E-state index in [4.69, 9.17) is 16.0 Å². The van der Waals surface area contributed by atoms with Gasteiger partial charge < -0.3 is 33.7 Å². The van der Waals surface area contributed by atoms with Crippen molar-refractivity contribution >= 4 is 23.2 Å². The molecule has 1 amide bonds. The van der Waals surface area contributed by atoms with Crippen molar-refractivity contribution in [2.45, 2.75) is 13.8 Å². The molecule has 0 saturated carbocycles. The lowest BCUT2D eigenvalue weighted by molar-refractivity contribution is -0.341. The standard InChI is InChI=1S/C11H13N5O2.ClH/c1-5-9(6(2)18-16-5)11(17)14-7-3-4-8(12)15-10(7)13;/h3-4H,1-2H3,(H,14,17)(H4,12,13,15);1H. The number of hydrogen-bond donors (Lipinski definition) is 3. The number of nitrogens with two attached hydrogens (primary N) is 2. The maximum absolute atomic E-state index is 12.0. The Bertz CT molecular complexity index is 592. The Morgan fingerprint density at radius 2 is 2.05 bits per heavy atom. The lowest BCUT2D eigenvalue weighted by Gasteiger charge is -2.05. The lowest BCUT2D eigenvalue weighted by Crippen LogP contribution is -3.00. The van der Waals surface area contributed by atoms with E-state index < -0.39 is 0 Å².